The fourth-order valence-electron chi connectivity index (χ4n) is 2.29. The number of aryl methyl sites for hydroxylation is 1. The molecule has 3 nitrogen and oxygen atoms in total. The van der Waals surface area contributed by atoms with E-state index in [9.17, 15) is 0 Å². The van der Waals surface area contributed by atoms with Gasteiger partial charge in [-0.3, -0.25) is 4.98 Å². The number of halogens is 1. The zero-order chi connectivity index (χ0) is 15.5. The lowest BCUT2D eigenvalue weighted by molar-refractivity contribution is 0.309. The van der Waals surface area contributed by atoms with Crippen molar-refractivity contribution in [1.82, 2.24) is 4.98 Å². The molecule has 4 heteroatoms. The average Bonchev–Trinajstić information content (AvgIpc) is 2.53. The molecule has 0 aliphatic rings. The third-order valence-corrected chi connectivity index (χ3v) is 3.67. The lowest BCUT2D eigenvalue weighted by Crippen LogP contribution is -1.98. The van der Waals surface area contributed by atoms with Crippen LogP contribution >= 0.6 is 11.6 Å². The lowest BCUT2D eigenvalue weighted by atomic mass is 10.1. The molecular weight excluding hydrogens is 298 g/mol. The van der Waals surface area contributed by atoms with Crippen molar-refractivity contribution >= 4 is 22.5 Å². The van der Waals surface area contributed by atoms with Gasteiger partial charge in [0.25, 0.3) is 0 Å². The molecule has 2 aromatic carbocycles. The Bertz CT molecular complexity index is 800. The van der Waals surface area contributed by atoms with Crippen molar-refractivity contribution in [2.24, 2.45) is 0 Å². The zero-order valence-corrected chi connectivity index (χ0v) is 13.2. The first-order valence-corrected chi connectivity index (χ1v) is 7.36. The van der Waals surface area contributed by atoms with Gasteiger partial charge in [-0.25, -0.2) is 0 Å². The van der Waals surface area contributed by atoms with Crippen LogP contribution in [0.15, 0.2) is 48.5 Å². The van der Waals surface area contributed by atoms with Crippen molar-refractivity contribution < 1.29 is 9.47 Å². The molecule has 3 aromatic rings. The normalized spacial score (nSPS) is 10.7. The van der Waals surface area contributed by atoms with E-state index in [0.717, 1.165) is 38.7 Å². The number of methoxy groups -OCH3 is 1. The molecule has 0 aliphatic carbocycles. The zero-order valence-electron chi connectivity index (χ0n) is 12.5. The Hall–Kier alpha value is -2.26. The highest BCUT2D eigenvalue weighted by atomic mass is 35.5. The minimum Gasteiger partial charge on any atom is -0.497 e. The van der Waals surface area contributed by atoms with Gasteiger partial charge < -0.3 is 9.47 Å². The van der Waals surface area contributed by atoms with Gasteiger partial charge in [-0.2, -0.15) is 0 Å². The number of nitrogens with zero attached hydrogens (tertiary/aromatic N) is 1. The number of pyridine rings is 1. The van der Waals surface area contributed by atoms with Gasteiger partial charge in [-0.05, 0) is 42.8 Å². The molecule has 1 heterocycles. The van der Waals surface area contributed by atoms with Crippen LogP contribution in [-0.4, -0.2) is 12.1 Å². The summed E-state index contributed by atoms with van der Waals surface area (Å²) in [6, 6.07) is 15.4. The predicted molar refractivity (Wildman–Crippen MR) is 88.8 cm³/mol. The molecule has 0 aliphatic heterocycles. The number of benzene rings is 2. The summed E-state index contributed by atoms with van der Waals surface area (Å²) >= 11 is 5.90. The Morgan fingerprint density at radius 2 is 1.82 bits per heavy atom. The van der Waals surface area contributed by atoms with E-state index in [2.05, 4.69) is 4.98 Å². The first-order valence-electron chi connectivity index (χ1n) is 6.98. The van der Waals surface area contributed by atoms with Crippen LogP contribution in [0.2, 0.25) is 5.02 Å². The van der Waals surface area contributed by atoms with Gasteiger partial charge in [0, 0.05) is 22.2 Å². The van der Waals surface area contributed by atoms with Crippen LogP contribution < -0.4 is 9.47 Å². The number of ether oxygens (including phenoxy) is 2. The quantitative estimate of drug-likeness (QED) is 0.694. The van der Waals surface area contributed by atoms with Gasteiger partial charge in [0.05, 0.1) is 12.6 Å². The van der Waals surface area contributed by atoms with Crippen molar-refractivity contribution in [2.75, 3.05) is 7.11 Å². The molecule has 0 N–H and O–H groups in total. The lowest BCUT2D eigenvalue weighted by Gasteiger charge is -2.11. The molecule has 22 heavy (non-hydrogen) atoms. The molecule has 3 rings (SSSR count). The van der Waals surface area contributed by atoms with E-state index >= 15 is 0 Å². The van der Waals surface area contributed by atoms with E-state index in [1.165, 1.54) is 0 Å². The van der Waals surface area contributed by atoms with Gasteiger partial charge in [-0.1, -0.05) is 23.7 Å². The topological polar surface area (TPSA) is 31.4 Å². The molecule has 0 spiro atoms. The van der Waals surface area contributed by atoms with Gasteiger partial charge in [-0.15, -0.1) is 0 Å². The van der Waals surface area contributed by atoms with Gasteiger partial charge in [0.1, 0.15) is 18.1 Å². The second kappa shape index (κ2) is 6.24. The summed E-state index contributed by atoms with van der Waals surface area (Å²) < 4.78 is 11.3. The second-order valence-corrected chi connectivity index (χ2v) is 5.50. The molecular formula is C18H16ClNO2. The first-order chi connectivity index (χ1) is 10.7. The van der Waals surface area contributed by atoms with Gasteiger partial charge >= 0.3 is 0 Å². The average molecular weight is 314 g/mol. The summed E-state index contributed by atoms with van der Waals surface area (Å²) in [5.41, 5.74) is 2.88. The van der Waals surface area contributed by atoms with Gasteiger partial charge in [0.15, 0.2) is 0 Å². The maximum absolute atomic E-state index is 5.99. The van der Waals surface area contributed by atoms with Crippen LogP contribution in [0.5, 0.6) is 11.5 Å². The van der Waals surface area contributed by atoms with Crippen LogP contribution in [0.4, 0.5) is 0 Å². The van der Waals surface area contributed by atoms with E-state index in [1.807, 2.05) is 55.5 Å². The Balaban J connectivity index is 1.93. The Kier molecular flexibility index (Phi) is 4.16. The number of rotatable bonds is 4. The highest BCUT2D eigenvalue weighted by Crippen LogP contribution is 2.29. The summed E-state index contributed by atoms with van der Waals surface area (Å²) in [4.78, 5) is 4.53. The third-order valence-electron chi connectivity index (χ3n) is 3.41. The van der Waals surface area contributed by atoms with Gasteiger partial charge in [0.2, 0.25) is 0 Å². The fourth-order valence-corrected chi connectivity index (χ4v) is 2.41. The Morgan fingerprint density at radius 3 is 2.55 bits per heavy atom. The van der Waals surface area contributed by atoms with Crippen molar-refractivity contribution in [3.05, 3.63) is 64.8 Å². The SMILES string of the molecule is COc1ccc2nc(C)cc(OCc3ccc(Cl)cc3)c2c1. The van der Waals surface area contributed by atoms with Crippen molar-refractivity contribution in [3.63, 3.8) is 0 Å². The monoisotopic (exact) mass is 313 g/mol. The van der Waals surface area contributed by atoms with Crippen molar-refractivity contribution in [2.45, 2.75) is 13.5 Å². The maximum atomic E-state index is 5.99. The molecule has 0 unspecified atom stereocenters. The molecule has 112 valence electrons. The molecule has 0 bridgehead atoms. The summed E-state index contributed by atoms with van der Waals surface area (Å²) in [5.74, 6) is 1.59. The molecule has 0 atom stereocenters. The fraction of sp³-hybridized carbons (Fsp3) is 0.167. The summed E-state index contributed by atoms with van der Waals surface area (Å²) in [6.45, 7) is 2.44. The van der Waals surface area contributed by atoms with Crippen LogP contribution in [0, 0.1) is 6.92 Å². The van der Waals surface area contributed by atoms with Crippen molar-refractivity contribution in [3.8, 4) is 11.5 Å². The van der Waals surface area contributed by atoms with Crippen LogP contribution in [0.1, 0.15) is 11.3 Å². The second-order valence-electron chi connectivity index (χ2n) is 5.06. The largest absolute Gasteiger partial charge is 0.497 e. The standard InChI is InChI=1S/C18H16ClNO2/c1-12-9-18(22-11-13-3-5-14(19)6-4-13)16-10-15(21-2)7-8-17(16)20-12/h3-10H,11H2,1-2H3. The Morgan fingerprint density at radius 1 is 1.05 bits per heavy atom. The molecule has 0 fully saturated rings. The smallest absolute Gasteiger partial charge is 0.131 e. The van der Waals surface area contributed by atoms with E-state index in [0.29, 0.717) is 6.61 Å². The van der Waals surface area contributed by atoms with E-state index in [4.69, 9.17) is 21.1 Å². The minimum absolute atomic E-state index is 0.479. The number of fused-ring (bicyclic) bond motifs is 1. The highest BCUT2D eigenvalue weighted by molar-refractivity contribution is 6.30. The van der Waals surface area contributed by atoms with E-state index in [1.54, 1.807) is 7.11 Å². The molecule has 0 radical (unpaired) electrons. The van der Waals surface area contributed by atoms with Crippen molar-refractivity contribution in [1.29, 1.82) is 0 Å². The number of hydrogen-bond donors (Lipinski definition) is 0. The van der Waals surface area contributed by atoms with E-state index in [-0.39, 0.29) is 0 Å². The highest BCUT2D eigenvalue weighted by Gasteiger charge is 2.07. The molecule has 0 saturated heterocycles. The number of aromatic nitrogens is 1. The summed E-state index contributed by atoms with van der Waals surface area (Å²) in [7, 11) is 1.65. The van der Waals surface area contributed by atoms with Crippen LogP contribution in [0.25, 0.3) is 10.9 Å². The van der Waals surface area contributed by atoms with Crippen LogP contribution in [-0.2, 0) is 6.61 Å². The molecule has 0 amide bonds. The summed E-state index contributed by atoms with van der Waals surface area (Å²) in [5, 5.41) is 1.66. The first kappa shape index (κ1) is 14.7. The maximum Gasteiger partial charge on any atom is 0.131 e. The Labute approximate surface area is 134 Å². The summed E-state index contributed by atoms with van der Waals surface area (Å²) in [6.07, 6.45) is 0. The predicted octanol–water partition coefficient (Wildman–Crippen LogP) is 4.78. The third kappa shape index (κ3) is 3.15. The number of hydrogen-bond acceptors (Lipinski definition) is 3. The molecule has 0 saturated carbocycles. The van der Waals surface area contributed by atoms with E-state index < -0.39 is 0 Å². The molecule has 1 aromatic heterocycles. The van der Waals surface area contributed by atoms with Crippen LogP contribution in [0.3, 0.4) is 0 Å². The minimum atomic E-state index is 0.479.